The SMILES string of the molecule is CCc1cc(C(=O)OC)c(C)cc1O. The lowest BCUT2D eigenvalue weighted by Crippen LogP contribution is -2.04. The Bertz CT molecular complexity index is 356. The maximum Gasteiger partial charge on any atom is 0.338 e. The first-order valence-electron chi connectivity index (χ1n) is 4.51. The zero-order valence-corrected chi connectivity index (χ0v) is 8.63. The number of ether oxygens (including phenoxy) is 1. The third-order valence-corrected chi connectivity index (χ3v) is 2.21. The molecule has 0 saturated heterocycles. The Kier molecular flexibility index (Phi) is 3.12. The van der Waals surface area contributed by atoms with E-state index in [9.17, 15) is 9.90 Å². The largest absolute Gasteiger partial charge is 0.508 e. The average molecular weight is 194 g/mol. The quantitative estimate of drug-likeness (QED) is 0.733. The summed E-state index contributed by atoms with van der Waals surface area (Å²) in [7, 11) is 1.35. The van der Waals surface area contributed by atoms with Crippen LogP contribution in [0.4, 0.5) is 0 Å². The van der Waals surface area contributed by atoms with E-state index in [0.29, 0.717) is 12.0 Å². The van der Waals surface area contributed by atoms with Gasteiger partial charge in [0.05, 0.1) is 12.7 Å². The molecule has 1 N–H and O–H groups in total. The van der Waals surface area contributed by atoms with E-state index in [2.05, 4.69) is 4.74 Å². The molecule has 0 aromatic heterocycles. The number of benzene rings is 1. The number of carbonyl (C=O) groups is 1. The van der Waals surface area contributed by atoms with Crippen molar-refractivity contribution in [3.05, 3.63) is 28.8 Å². The number of aryl methyl sites for hydroxylation is 2. The van der Waals surface area contributed by atoms with E-state index in [1.165, 1.54) is 7.11 Å². The number of hydrogen-bond donors (Lipinski definition) is 1. The van der Waals surface area contributed by atoms with Crippen molar-refractivity contribution in [3.63, 3.8) is 0 Å². The van der Waals surface area contributed by atoms with Gasteiger partial charge in [-0.05, 0) is 36.6 Å². The minimum atomic E-state index is -0.364. The van der Waals surface area contributed by atoms with Crippen molar-refractivity contribution in [2.24, 2.45) is 0 Å². The van der Waals surface area contributed by atoms with Crippen molar-refractivity contribution in [1.82, 2.24) is 0 Å². The van der Waals surface area contributed by atoms with Crippen molar-refractivity contribution >= 4 is 5.97 Å². The van der Waals surface area contributed by atoms with Crippen LogP contribution in [-0.4, -0.2) is 18.2 Å². The van der Waals surface area contributed by atoms with E-state index in [-0.39, 0.29) is 11.7 Å². The van der Waals surface area contributed by atoms with Gasteiger partial charge in [0.1, 0.15) is 5.75 Å². The molecule has 0 heterocycles. The number of esters is 1. The number of aromatic hydroxyl groups is 1. The highest BCUT2D eigenvalue weighted by molar-refractivity contribution is 5.91. The molecule has 1 rings (SSSR count). The van der Waals surface area contributed by atoms with E-state index >= 15 is 0 Å². The monoisotopic (exact) mass is 194 g/mol. The third-order valence-electron chi connectivity index (χ3n) is 2.21. The molecule has 0 fully saturated rings. The molecule has 76 valence electrons. The van der Waals surface area contributed by atoms with Crippen LogP contribution in [0.5, 0.6) is 5.75 Å². The fourth-order valence-electron chi connectivity index (χ4n) is 1.35. The Hall–Kier alpha value is -1.51. The summed E-state index contributed by atoms with van der Waals surface area (Å²) in [5, 5.41) is 9.52. The van der Waals surface area contributed by atoms with Gasteiger partial charge in [0.2, 0.25) is 0 Å². The number of phenolic OH excluding ortho intramolecular Hbond substituents is 1. The van der Waals surface area contributed by atoms with E-state index in [1.54, 1.807) is 19.1 Å². The van der Waals surface area contributed by atoms with Gasteiger partial charge < -0.3 is 9.84 Å². The minimum Gasteiger partial charge on any atom is -0.508 e. The molecule has 0 unspecified atom stereocenters. The summed E-state index contributed by atoms with van der Waals surface area (Å²) in [4.78, 5) is 11.3. The van der Waals surface area contributed by atoms with Gasteiger partial charge in [-0.1, -0.05) is 6.92 Å². The number of phenols is 1. The molecule has 0 aliphatic rings. The number of carbonyl (C=O) groups excluding carboxylic acids is 1. The van der Waals surface area contributed by atoms with Gasteiger partial charge in [-0.15, -0.1) is 0 Å². The van der Waals surface area contributed by atoms with Crippen molar-refractivity contribution < 1.29 is 14.6 Å². The fourth-order valence-corrected chi connectivity index (χ4v) is 1.35. The first-order chi connectivity index (χ1) is 6.60. The van der Waals surface area contributed by atoms with Crippen LogP contribution in [-0.2, 0) is 11.2 Å². The van der Waals surface area contributed by atoms with Crippen LogP contribution in [0.3, 0.4) is 0 Å². The van der Waals surface area contributed by atoms with Gasteiger partial charge in [0, 0.05) is 0 Å². The lowest BCUT2D eigenvalue weighted by atomic mass is 10.0. The maximum atomic E-state index is 11.3. The van der Waals surface area contributed by atoms with Gasteiger partial charge in [0.25, 0.3) is 0 Å². The topological polar surface area (TPSA) is 46.5 Å². The van der Waals surface area contributed by atoms with E-state index in [4.69, 9.17) is 0 Å². The molecule has 3 heteroatoms. The van der Waals surface area contributed by atoms with Crippen LogP contribution < -0.4 is 0 Å². The second-order valence-electron chi connectivity index (χ2n) is 3.14. The van der Waals surface area contributed by atoms with Crippen LogP contribution in [0.25, 0.3) is 0 Å². The summed E-state index contributed by atoms with van der Waals surface area (Å²) < 4.78 is 4.64. The Morgan fingerprint density at radius 2 is 2.14 bits per heavy atom. The van der Waals surface area contributed by atoms with Gasteiger partial charge in [-0.25, -0.2) is 4.79 Å². The van der Waals surface area contributed by atoms with Crippen LogP contribution in [0.15, 0.2) is 12.1 Å². The zero-order chi connectivity index (χ0) is 10.7. The Morgan fingerprint density at radius 1 is 1.50 bits per heavy atom. The molecule has 14 heavy (non-hydrogen) atoms. The second-order valence-corrected chi connectivity index (χ2v) is 3.14. The van der Waals surface area contributed by atoms with Crippen molar-refractivity contribution in [3.8, 4) is 5.75 Å². The van der Waals surface area contributed by atoms with Crippen molar-refractivity contribution in [2.75, 3.05) is 7.11 Å². The molecule has 0 saturated carbocycles. The van der Waals surface area contributed by atoms with Gasteiger partial charge in [-0.2, -0.15) is 0 Å². The third kappa shape index (κ3) is 1.87. The lowest BCUT2D eigenvalue weighted by molar-refractivity contribution is 0.0600. The summed E-state index contributed by atoms with van der Waals surface area (Å²) in [6.07, 6.45) is 0.691. The number of hydrogen-bond acceptors (Lipinski definition) is 3. The molecule has 0 bridgehead atoms. The molecule has 3 nitrogen and oxygen atoms in total. The van der Waals surface area contributed by atoms with Crippen LogP contribution in [0, 0.1) is 6.92 Å². The second kappa shape index (κ2) is 4.13. The highest BCUT2D eigenvalue weighted by atomic mass is 16.5. The fraction of sp³-hybridized carbons (Fsp3) is 0.364. The predicted molar refractivity (Wildman–Crippen MR) is 53.6 cm³/mol. The average Bonchev–Trinajstić information content (AvgIpc) is 2.17. The molecule has 1 aromatic carbocycles. The van der Waals surface area contributed by atoms with E-state index in [0.717, 1.165) is 11.1 Å². The summed E-state index contributed by atoms with van der Waals surface area (Å²) in [6, 6.07) is 3.27. The molecule has 0 aliphatic carbocycles. The molecule has 1 aromatic rings. The summed E-state index contributed by atoms with van der Waals surface area (Å²) >= 11 is 0. The van der Waals surface area contributed by atoms with Gasteiger partial charge in [-0.3, -0.25) is 0 Å². The van der Waals surface area contributed by atoms with Gasteiger partial charge >= 0.3 is 5.97 Å². The molecule has 0 amide bonds. The van der Waals surface area contributed by atoms with E-state index in [1.807, 2.05) is 6.92 Å². The summed E-state index contributed by atoms with van der Waals surface area (Å²) in [6.45, 7) is 3.69. The molecular weight excluding hydrogens is 180 g/mol. The molecule has 0 radical (unpaired) electrons. The van der Waals surface area contributed by atoms with Crippen LogP contribution in [0.2, 0.25) is 0 Å². The Labute approximate surface area is 83.3 Å². The first-order valence-corrected chi connectivity index (χ1v) is 4.51. The molecule has 0 aliphatic heterocycles. The predicted octanol–water partition coefficient (Wildman–Crippen LogP) is 2.05. The standard InChI is InChI=1S/C11H14O3/c1-4-8-6-9(11(13)14-3)7(2)5-10(8)12/h5-6,12H,4H2,1-3H3. The highest BCUT2D eigenvalue weighted by Crippen LogP contribution is 2.23. The van der Waals surface area contributed by atoms with E-state index < -0.39 is 0 Å². The zero-order valence-electron chi connectivity index (χ0n) is 8.63. The highest BCUT2D eigenvalue weighted by Gasteiger charge is 2.12. The number of methoxy groups -OCH3 is 1. The lowest BCUT2D eigenvalue weighted by Gasteiger charge is -2.08. The minimum absolute atomic E-state index is 0.234. The normalized spacial score (nSPS) is 9.93. The molecule has 0 spiro atoms. The maximum absolute atomic E-state index is 11.3. The van der Waals surface area contributed by atoms with Crippen molar-refractivity contribution in [2.45, 2.75) is 20.3 Å². The first kappa shape index (κ1) is 10.6. The summed E-state index contributed by atoms with van der Waals surface area (Å²) in [5.41, 5.74) is 2.00. The Balaban J connectivity index is 3.24. The van der Waals surface area contributed by atoms with Crippen LogP contribution in [0.1, 0.15) is 28.4 Å². The van der Waals surface area contributed by atoms with Gasteiger partial charge in [0.15, 0.2) is 0 Å². The summed E-state index contributed by atoms with van der Waals surface area (Å²) in [5.74, 6) is -0.130. The van der Waals surface area contributed by atoms with Crippen LogP contribution >= 0.6 is 0 Å². The molecular formula is C11H14O3. The van der Waals surface area contributed by atoms with Crippen molar-refractivity contribution in [1.29, 1.82) is 0 Å². The molecule has 0 atom stereocenters. The smallest absolute Gasteiger partial charge is 0.338 e. The Morgan fingerprint density at radius 3 is 2.64 bits per heavy atom. The number of rotatable bonds is 2.